The van der Waals surface area contributed by atoms with Crippen LogP contribution < -0.4 is 0 Å². The van der Waals surface area contributed by atoms with E-state index in [-0.39, 0.29) is 12.6 Å². The van der Waals surface area contributed by atoms with Crippen molar-refractivity contribution >= 4 is 21.9 Å². The minimum atomic E-state index is -0.358. The molecule has 0 atom stereocenters. The lowest BCUT2D eigenvalue weighted by molar-refractivity contribution is 0.0318. The van der Waals surface area contributed by atoms with E-state index >= 15 is 0 Å². The van der Waals surface area contributed by atoms with Crippen LogP contribution in [0.2, 0.25) is 0 Å². The van der Waals surface area contributed by atoms with Gasteiger partial charge >= 0.3 is 5.97 Å². The summed E-state index contributed by atoms with van der Waals surface area (Å²) in [4.78, 5) is 15.4. The van der Waals surface area contributed by atoms with Crippen molar-refractivity contribution in [3.05, 3.63) is 28.5 Å². The van der Waals surface area contributed by atoms with Crippen LogP contribution >= 0.6 is 15.9 Å². The first-order valence-electron chi connectivity index (χ1n) is 5.10. The van der Waals surface area contributed by atoms with E-state index in [0.717, 1.165) is 6.42 Å². The number of rotatable bonds is 6. The third-order valence-electron chi connectivity index (χ3n) is 1.77. The molecule has 0 radical (unpaired) electrons. The second-order valence-corrected chi connectivity index (χ2v) is 3.93. The number of halogens is 1. The van der Waals surface area contributed by atoms with Gasteiger partial charge in [-0.2, -0.15) is 0 Å². The SMILES string of the molecule is CCCOCCOC(=O)c1ccnc(Br)c1. The van der Waals surface area contributed by atoms with Crippen molar-refractivity contribution in [1.29, 1.82) is 0 Å². The molecule has 0 aliphatic rings. The highest BCUT2D eigenvalue weighted by atomic mass is 79.9. The molecule has 1 heterocycles. The molecule has 1 aromatic heterocycles. The van der Waals surface area contributed by atoms with Crippen molar-refractivity contribution < 1.29 is 14.3 Å². The summed E-state index contributed by atoms with van der Waals surface area (Å²) in [7, 11) is 0. The zero-order chi connectivity index (χ0) is 11.8. The van der Waals surface area contributed by atoms with Gasteiger partial charge in [0.15, 0.2) is 0 Å². The van der Waals surface area contributed by atoms with E-state index < -0.39 is 0 Å². The quantitative estimate of drug-likeness (QED) is 0.458. The zero-order valence-electron chi connectivity index (χ0n) is 9.11. The largest absolute Gasteiger partial charge is 0.460 e. The Morgan fingerprint density at radius 2 is 2.25 bits per heavy atom. The molecule has 0 saturated heterocycles. The average molecular weight is 288 g/mol. The second-order valence-electron chi connectivity index (χ2n) is 3.12. The smallest absolute Gasteiger partial charge is 0.338 e. The standard InChI is InChI=1S/C11H14BrNO3/c1-2-5-15-6-7-16-11(14)9-3-4-13-10(12)8-9/h3-4,8H,2,5-7H2,1H3. The summed E-state index contributed by atoms with van der Waals surface area (Å²) in [6, 6.07) is 3.23. The topological polar surface area (TPSA) is 48.4 Å². The molecule has 0 spiro atoms. The maximum absolute atomic E-state index is 11.5. The first-order valence-corrected chi connectivity index (χ1v) is 5.89. The van der Waals surface area contributed by atoms with E-state index in [0.29, 0.717) is 23.4 Å². The van der Waals surface area contributed by atoms with Crippen LogP contribution in [0.15, 0.2) is 22.9 Å². The summed E-state index contributed by atoms with van der Waals surface area (Å²) in [5, 5.41) is 0. The molecule has 0 aliphatic carbocycles. The first kappa shape index (κ1) is 13.1. The monoisotopic (exact) mass is 287 g/mol. The van der Waals surface area contributed by atoms with Crippen LogP contribution in [0.5, 0.6) is 0 Å². The molecule has 0 unspecified atom stereocenters. The Kier molecular flexibility index (Phi) is 6.03. The van der Waals surface area contributed by atoms with Crippen LogP contribution in [0.3, 0.4) is 0 Å². The highest BCUT2D eigenvalue weighted by Gasteiger charge is 2.07. The van der Waals surface area contributed by atoms with Gasteiger partial charge in [0.1, 0.15) is 11.2 Å². The Labute approximate surface area is 103 Å². The molecule has 5 heteroatoms. The van der Waals surface area contributed by atoms with E-state index in [2.05, 4.69) is 20.9 Å². The Morgan fingerprint density at radius 1 is 1.44 bits per heavy atom. The highest BCUT2D eigenvalue weighted by Crippen LogP contribution is 2.08. The Bertz CT molecular complexity index is 344. The van der Waals surface area contributed by atoms with Crippen molar-refractivity contribution in [2.45, 2.75) is 13.3 Å². The second kappa shape index (κ2) is 7.35. The van der Waals surface area contributed by atoms with Crippen molar-refractivity contribution in [2.75, 3.05) is 19.8 Å². The number of carbonyl (C=O) groups is 1. The maximum Gasteiger partial charge on any atom is 0.338 e. The van der Waals surface area contributed by atoms with E-state index in [4.69, 9.17) is 9.47 Å². The predicted molar refractivity (Wildman–Crippen MR) is 63.3 cm³/mol. The van der Waals surface area contributed by atoms with E-state index in [1.54, 1.807) is 18.3 Å². The molecule has 0 aliphatic heterocycles. The Balaban J connectivity index is 2.30. The lowest BCUT2D eigenvalue weighted by Crippen LogP contribution is -2.11. The summed E-state index contributed by atoms with van der Waals surface area (Å²) in [5.74, 6) is -0.358. The molecule has 0 fully saturated rings. The number of ether oxygens (including phenoxy) is 2. The molecule has 88 valence electrons. The van der Waals surface area contributed by atoms with Gasteiger partial charge in [-0.25, -0.2) is 9.78 Å². The van der Waals surface area contributed by atoms with E-state index in [9.17, 15) is 4.79 Å². The molecule has 1 rings (SSSR count). The maximum atomic E-state index is 11.5. The first-order chi connectivity index (χ1) is 7.74. The third-order valence-corrected chi connectivity index (χ3v) is 2.21. The van der Waals surface area contributed by atoms with Gasteiger partial charge < -0.3 is 9.47 Å². The highest BCUT2D eigenvalue weighted by molar-refractivity contribution is 9.10. The van der Waals surface area contributed by atoms with Gasteiger partial charge in [-0.3, -0.25) is 0 Å². The summed E-state index contributed by atoms with van der Waals surface area (Å²) >= 11 is 3.19. The fraction of sp³-hybridized carbons (Fsp3) is 0.455. The van der Waals surface area contributed by atoms with Gasteiger partial charge in [-0.15, -0.1) is 0 Å². The Hall–Kier alpha value is -0.940. The molecule has 4 nitrogen and oxygen atoms in total. The van der Waals surface area contributed by atoms with Gasteiger partial charge in [-0.05, 0) is 34.5 Å². The van der Waals surface area contributed by atoms with Crippen molar-refractivity contribution in [3.8, 4) is 0 Å². The molecular weight excluding hydrogens is 274 g/mol. The number of esters is 1. The number of carbonyl (C=O) groups excluding carboxylic acids is 1. The molecule has 0 amide bonds. The molecule has 0 aromatic carbocycles. The van der Waals surface area contributed by atoms with Gasteiger partial charge in [0.2, 0.25) is 0 Å². The number of nitrogens with zero attached hydrogens (tertiary/aromatic N) is 1. The van der Waals surface area contributed by atoms with Gasteiger partial charge in [0.05, 0.1) is 12.2 Å². The third kappa shape index (κ3) is 4.72. The number of pyridine rings is 1. The van der Waals surface area contributed by atoms with Gasteiger partial charge in [0.25, 0.3) is 0 Å². The van der Waals surface area contributed by atoms with Crippen molar-refractivity contribution in [1.82, 2.24) is 4.98 Å². The summed E-state index contributed by atoms with van der Waals surface area (Å²) < 4.78 is 10.8. The van der Waals surface area contributed by atoms with Crippen molar-refractivity contribution in [2.24, 2.45) is 0 Å². The number of hydrogen-bond donors (Lipinski definition) is 0. The Morgan fingerprint density at radius 3 is 2.94 bits per heavy atom. The molecule has 0 N–H and O–H groups in total. The molecular formula is C11H14BrNO3. The van der Waals surface area contributed by atoms with Crippen LogP contribution in [-0.4, -0.2) is 30.8 Å². The van der Waals surface area contributed by atoms with Gasteiger partial charge in [0, 0.05) is 12.8 Å². The minimum absolute atomic E-state index is 0.277. The van der Waals surface area contributed by atoms with Crippen LogP contribution in [0, 0.1) is 0 Å². The summed E-state index contributed by atoms with van der Waals surface area (Å²) in [5.41, 5.74) is 0.484. The van der Waals surface area contributed by atoms with Gasteiger partial charge in [-0.1, -0.05) is 6.92 Å². The summed E-state index contributed by atoms with van der Waals surface area (Å²) in [6.07, 6.45) is 2.51. The van der Waals surface area contributed by atoms with Crippen LogP contribution in [0.1, 0.15) is 23.7 Å². The minimum Gasteiger partial charge on any atom is -0.460 e. The zero-order valence-corrected chi connectivity index (χ0v) is 10.7. The molecule has 1 aromatic rings. The fourth-order valence-electron chi connectivity index (χ4n) is 1.05. The fourth-order valence-corrected chi connectivity index (χ4v) is 1.42. The van der Waals surface area contributed by atoms with Crippen LogP contribution in [0.25, 0.3) is 0 Å². The average Bonchev–Trinajstić information content (AvgIpc) is 2.28. The predicted octanol–water partition coefficient (Wildman–Crippen LogP) is 2.43. The lowest BCUT2D eigenvalue weighted by atomic mass is 10.3. The normalized spacial score (nSPS) is 10.1. The van der Waals surface area contributed by atoms with Crippen LogP contribution in [-0.2, 0) is 9.47 Å². The molecule has 0 bridgehead atoms. The number of aromatic nitrogens is 1. The van der Waals surface area contributed by atoms with Crippen LogP contribution in [0.4, 0.5) is 0 Å². The van der Waals surface area contributed by atoms with E-state index in [1.165, 1.54) is 0 Å². The molecule has 0 saturated carbocycles. The molecule has 16 heavy (non-hydrogen) atoms. The lowest BCUT2D eigenvalue weighted by Gasteiger charge is -2.05. The summed E-state index contributed by atoms with van der Waals surface area (Å²) in [6.45, 7) is 3.43. The number of hydrogen-bond acceptors (Lipinski definition) is 4. The van der Waals surface area contributed by atoms with Crippen molar-refractivity contribution in [3.63, 3.8) is 0 Å². The van der Waals surface area contributed by atoms with E-state index in [1.807, 2.05) is 6.92 Å².